The summed E-state index contributed by atoms with van der Waals surface area (Å²) in [4.78, 5) is 15.6. The first-order chi connectivity index (χ1) is 7.86. The molecule has 92 valence electrons. The van der Waals surface area contributed by atoms with Crippen molar-refractivity contribution in [3.63, 3.8) is 0 Å². The number of hydrogen-bond acceptors (Lipinski definition) is 3. The Bertz CT molecular complexity index is 225. The molecule has 0 N–H and O–H groups in total. The molecule has 0 atom stereocenters. The number of cyclic esters (lactones) is 1. The van der Waals surface area contributed by atoms with Gasteiger partial charge in [0, 0.05) is 13.1 Å². The maximum Gasteiger partial charge on any atom is 0.409 e. The normalized spacial score (nSPS) is 24.0. The Labute approximate surface area is 97.5 Å². The van der Waals surface area contributed by atoms with Gasteiger partial charge in [0.1, 0.15) is 6.61 Å². The number of carbonyl (C=O) groups excluding carboxylic acids is 1. The maximum atomic E-state index is 11.3. The first-order valence-corrected chi connectivity index (χ1v) is 6.50. The summed E-state index contributed by atoms with van der Waals surface area (Å²) in [5, 5.41) is 0. The Balaban J connectivity index is 1.68. The quantitative estimate of drug-likeness (QED) is 0.734. The number of rotatable bonds is 3. The predicted molar refractivity (Wildman–Crippen MR) is 62.4 cm³/mol. The zero-order chi connectivity index (χ0) is 11.2. The Morgan fingerprint density at radius 1 is 0.938 bits per heavy atom. The molecule has 4 nitrogen and oxygen atoms in total. The number of likely N-dealkylation sites (tertiary alicyclic amines) is 1. The van der Waals surface area contributed by atoms with Crippen molar-refractivity contribution in [1.29, 1.82) is 0 Å². The van der Waals surface area contributed by atoms with E-state index in [1.807, 2.05) is 4.90 Å². The second kappa shape index (κ2) is 6.09. The topological polar surface area (TPSA) is 32.8 Å². The standard InChI is InChI=1S/C12H22N2O2/c15-12-14(10-11-16-12)9-8-13-6-4-2-1-3-5-7-13/h1-11H2. The average Bonchev–Trinajstić information content (AvgIpc) is 2.63. The van der Waals surface area contributed by atoms with E-state index in [0.717, 1.165) is 19.6 Å². The zero-order valence-corrected chi connectivity index (χ0v) is 9.99. The zero-order valence-electron chi connectivity index (χ0n) is 9.99. The lowest BCUT2D eigenvalue weighted by Crippen LogP contribution is -2.37. The van der Waals surface area contributed by atoms with Crippen LogP contribution in [-0.2, 0) is 4.74 Å². The second-order valence-corrected chi connectivity index (χ2v) is 4.71. The Morgan fingerprint density at radius 2 is 1.62 bits per heavy atom. The molecule has 2 aliphatic rings. The smallest absolute Gasteiger partial charge is 0.409 e. The lowest BCUT2D eigenvalue weighted by molar-refractivity contribution is 0.152. The first kappa shape index (κ1) is 11.7. The molecule has 2 saturated heterocycles. The third-order valence-electron chi connectivity index (χ3n) is 3.48. The molecule has 2 aliphatic heterocycles. The van der Waals surface area contributed by atoms with Gasteiger partial charge in [-0.25, -0.2) is 4.79 Å². The molecule has 0 saturated carbocycles. The number of carbonyl (C=O) groups is 1. The average molecular weight is 226 g/mol. The highest BCUT2D eigenvalue weighted by atomic mass is 16.6. The molecule has 0 aromatic carbocycles. The molecule has 0 radical (unpaired) electrons. The molecule has 0 aliphatic carbocycles. The number of ether oxygens (including phenoxy) is 1. The van der Waals surface area contributed by atoms with Gasteiger partial charge in [-0.2, -0.15) is 0 Å². The second-order valence-electron chi connectivity index (χ2n) is 4.71. The molecule has 2 heterocycles. The molecule has 0 aromatic heterocycles. The fourth-order valence-electron chi connectivity index (χ4n) is 2.43. The number of hydrogen-bond donors (Lipinski definition) is 0. The van der Waals surface area contributed by atoms with E-state index in [1.54, 1.807) is 0 Å². The van der Waals surface area contributed by atoms with Gasteiger partial charge in [0.15, 0.2) is 0 Å². The summed E-state index contributed by atoms with van der Waals surface area (Å²) in [7, 11) is 0. The van der Waals surface area contributed by atoms with E-state index in [0.29, 0.717) is 6.61 Å². The summed E-state index contributed by atoms with van der Waals surface area (Å²) in [5.74, 6) is 0. The Morgan fingerprint density at radius 3 is 2.25 bits per heavy atom. The summed E-state index contributed by atoms with van der Waals surface area (Å²) in [5.41, 5.74) is 0. The summed E-state index contributed by atoms with van der Waals surface area (Å²) in [6.07, 6.45) is 6.61. The fourth-order valence-corrected chi connectivity index (χ4v) is 2.43. The van der Waals surface area contributed by atoms with Crippen molar-refractivity contribution < 1.29 is 9.53 Å². The van der Waals surface area contributed by atoms with Gasteiger partial charge < -0.3 is 14.5 Å². The van der Waals surface area contributed by atoms with E-state index >= 15 is 0 Å². The third-order valence-corrected chi connectivity index (χ3v) is 3.48. The van der Waals surface area contributed by atoms with Crippen molar-refractivity contribution in [1.82, 2.24) is 9.80 Å². The predicted octanol–water partition coefficient (Wildman–Crippen LogP) is 1.70. The van der Waals surface area contributed by atoms with Gasteiger partial charge in [-0.05, 0) is 25.9 Å². The first-order valence-electron chi connectivity index (χ1n) is 6.50. The molecule has 1 amide bonds. The molecule has 0 spiro atoms. The van der Waals surface area contributed by atoms with E-state index < -0.39 is 0 Å². The molecule has 0 aromatic rings. The minimum atomic E-state index is -0.132. The summed E-state index contributed by atoms with van der Waals surface area (Å²) < 4.78 is 4.92. The SMILES string of the molecule is O=C1OCCN1CCN1CCCCCCC1. The molecule has 2 rings (SSSR count). The van der Waals surface area contributed by atoms with E-state index in [4.69, 9.17) is 4.74 Å². The van der Waals surface area contributed by atoms with Crippen molar-refractivity contribution in [2.75, 3.05) is 39.3 Å². The van der Waals surface area contributed by atoms with Gasteiger partial charge in [0.25, 0.3) is 0 Å². The van der Waals surface area contributed by atoms with Crippen molar-refractivity contribution in [2.24, 2.45) is 0 Å². The van der Waals surface area contributed by atoms with Gasteiger partial charge >= 0.3 is 6.09 Å². The molecule has 4 heteroatoms. The van der Waals surface area contributed by atoms with E-state index in [2.05, 4.69) is 4.90 Å². The highest BCUT2D eigenvalue weighted by Crippen LogP contribution is 2.11. The Hall–Kier alpha value is -0.770. The van der Waals surface area contributed by atoms with Crippen LogP contribution in [0.15, 0.2) is 0 Å². The van der Waals surface area contributed by atoms with Crippen LogP contribution in [0.5, 0.6) is 0 Å². The monoisotopic (exact) mass is 226 g/mol. The van der Waals surface area contributed by atoms with Crippen LogP contribution in [0.1, 0.15) is 32.1 Å². The molecule has 2 fully saturated rings. The highest BCUT2D eigenvalue weighted by molar-refractivity contribution is 5.69. The fraction of sp³-hybridized carbons (Fsp3) is 0.917. The molecular formula is C12H22N2O2. The van der Waals surface area contributed by atoms with Crippen molar-refractivity contribution in [3.8, 4) is 0 Å². The number of nitrogens with zero attached hydrogens (tertiary/aromatic N) is 2. The minimum Gasteiger partial charge on any atom is -0.448 e. The van der Waals surface area contributed by atoms with E-state index in [-0.39, 0.29) is 6.09 Å². The van der Waals surface area contributed by atoms with Crippen LogP contribution in [-0.4, -0.2) is 55.2 Å². The van der Waals surface area contributed by atoms with Gasteiger partial charge in [0.2, 0.25) is 0 Å². The lowest BCUT2D eigenvalue weighted by atomic mass is 10.1. The van der Waals surface area contributed by atoms with Gasteiger partial charge in [-0.3, -0.25) is 0 Å². The summed E-state index contributed by atoms with van der Waals surface area (Å²) >= 11 is 0. The lowest BCUT2D eigenvalue weighted by Gasteiger charge is -2.26. The van der Waals surface area contributed by atoms with E-state index in [1.165, 1.54) is 45.2 Å². The van der Waals surface area contributed by atoms with Crippen molar-refractivity contribution in [2.45, 2.75) is 32.1 Å². The van der Waals surface area contributed by atoms with Gasteiger partial charge in [0.05, 0.1) is 6.54 Å². The summed E-state index contributed by atoms with van der Waals surface area (Å²) in [6.45, 7) is 5.57. The molecular weight excluding hydrogens is 204 g/mol. The number of amides is 1. The van der Waals surface area contributed by atoms with Crippen molar-refractivity contribution >= 4 is 6.09 Å². The van der Waals surface area contributed by atoms with Crippen LogP contribution in [0.4, 0.5) is 4.79 Å². The van der Waals surface area contributed by atoms with E-state index in [9.17, 15) is 4.79 Å². The molecule has 0 bridgehead atoms. The van der Waals surface area contributed by atoms with Gasteiger partial charge in [-0.15, -0.1) is 0 Å². The Kier molecular flexibility index (Phi) is 4.45. The highest BCUT2D eigenvalue weighted by Gasteiger charge is 2.22. The van der Waals surface area contributed by atoms with Crippen LogP contribution in [0.25, 0.3) is 0 Å². The van der Waals surface area contributed by atoms with Gasteiger partial charge in [-0.1, -0.05) is 19.3 Å². The van der Waals surface area contributed by atoms with Crippen molar-refractivity contribution in [3.05, 3.63) is 0 Å². The minimum absolute atomic E-state index is 0.132. The van der Waals surface area contributed by atoms with Crippen LogP contribution >= 0.6 is 0 Å². The third kappa shape index (κ3) is 3.37. The largest absolute Gasteiger partial charge is 0.448 e. The van der Waals surface area contributed by atoms with Crippen LogP contribution < -0.4 is 0 Å². The molecule has 0 unspecified atom stereocenters. The molecule has 16 heavy (non-hydrogen) atoms. The van der Waals surface area contributed by atoms with Crippen LogP contribution in [0, 0.1) is 0 Å². The van der Waals surface area contributed by atoms with Crippen LogP contribution in [0.3, 0.4) is 0 Å². The van der Waals surface area contributed by atoms with Crippen LogP contribution in [0.2, 0.25) is 0 Å². The maximum absolute atomic E-state index is 11.3. The summed E-state index contributed by atoms with van der Waals surface area (Å²) in [6, 6.07) is 0.